The van der Waals surface area contributed by atoms with E-state index in [0.29, 0.717) is 12.5 Å². The summed E-state index contributed by atoms with van der Waals surface area (Å²) in [6.45, 7) is 5.46. The topological polar surface area (TPSA) is 29.5 Å². The lowest BCUT2D eigenvalue weighted by Gasteiger charge is -2.27. The van der Waals surface area contributed by atoms with Crippen LogP contribution in [-0.4, -0.2) is 21.9 Å². The maximum atomic E-state index is 12.7. The van der Waals surface area contributed by atoms with Gasteiger partial charge in [-0.25, -0.2) is 5.06 Å². The Bertz CT molecular complexity index is 465. The summed E-state index contributed by atoms with van der Waals surface area (Å²) in [5.41, 5.74) is 0.840. The first-order valence-electron chi connectivity index (χ1n) is 7.66. The van der Waals surface area contributed by atoms with Crippen molar-refractivity contribution >= 4 is 28.5 Å². The highest BCUT2D eigenvalue weighted by Gasteiger charge is 2.50. The molecule has 1 amide bonds. The summed E-state index contributed by atoms with van der Waals surface area (Å²) in [7, 11) is 0. The fourth-order valence-electron chi connectivity index (χ4n) is 2.86. The van der Waals surface area contributed by atoms with Crippen LogP contribution in [0.2, 0.25) is 0 Å². The Labute approximate surface area is 141 Å². The Hall–Kier alpha value is -0.620. The van der Waals surface area contributed by atoms with Gasteiger partial charge in [0.05, 0.1) is 12.0 Å². The van der Waals surface area contributed by atoms with E-state index in [2.05, 4.69) is 36.4 Å². The van der Waals surface area contributed by atoms with Gasteiger partial charge in [-0.05, 0) is 12.0 Å². The van der Waals surface area contributed by atoms with E-state index in [1.807, 2.05) is 30.3 Å². The zero-order chi connectivity index (χ0) is 15.3. The molecule has 1 aromatic carbocycles. The van der Waals surface area contributed by atoms with Crippen LogP contribution in [0.1, 0.15) is 38.7 Å². The molecule has 1 fully saturated rings. The van der Waals surface area contributed by atoms with E-state index in [1.54, 1.807) is 5.06 Å². The quantitative estimate of drug-likeness (QED) is 0.506. The van der Waals surface area contributed by atoms with E-state index in [-0.39, 0.29) is 11.3 Å². The van der Waals surface area contributed by atoms with E-state index < -0.39 is 0 Å². The average Bonchev–Trinajstić information content (AvgIpc) is 2.76. The van der Waals surface area contributed by atoms with Crippen LogP contribution < -0.4 is 0 Å². The van der Waals surface area contributed by atoms with Gasteiger partial charge < -0.3 is 0 Å². The van der Waals surface area contributed by atoms with Crippen LogP contribution in [0.25, 0.3) is 0 Å². The molecule has 0 radical (unpaired) electrons. The molecule has 1 aromatic rings. The number of hydrogen-bond acceptors (Lipinski definition) is 2. The summed E-state index contributed by atoms with van der Waals surface area (Å²) < 4.78 is 0.995. The summed E-state index contributed by atoms with van der Waals surface area (Å²) in [6.07, 6.45) is 3.19. The van der Waals surface area contributed by atoms with E-state index in [1.165, 1.54) is 0 Å². The molecule has 0 unspecified atom stereocenters. The predicted octanol–water partition coefficient (Wildman–Crippen LogP) is 4.21. The molecule has 4 heteroatoms. The minimum absolute atomic E-state index is 0.161. The molecule has 3 nitrogen and oxygen atoms in total. The van der Waals surface area contributed by atoms with Crippen molar-refractivity contribution in [1.29, 1.82) is 0 Å². The Morgan fingerprint density at radius 1 is 1.38 bits per heavy atom. The number of halogens is 1. The molecule has 0 aliphatic carbocycles. The average molecular weight is 401 g/mol. The molecule has 1 aliphatic rings. The molecule has 0 saturated carbocycles. The highest BCUT2D eigenvalue weighted by Crippen LogP contribution is 2.42. The van der Waals surface area contributed by atoms with Crippen LogP contribution in [0.4, 0.5) is 0 Å². The van der Waals surface area contributed by atoms with Crippen LogP contribution in [0.15, 0.2) is 30.3 Å². The molecular formula is C17H24INO2. The Morgan fingerprint density at radius 2 is 2.10 bits per heavy atom. The zero-order valence-electron chi connectivity index (χ0n) is 12.8. The minimum Gasteiger partial charge on any atom is -0.272 e. The number of benzene rings is 1. The second kappa shape index (κ2) is 7.58. The van der Waals surface area contributed by atoms with Gasteiger partial charge in [0.1, 0.15) is 6.61 Å². The van der Waals surface area contributed by atoms with Gasteiger partial charge in [0, 0.05) is 10.3 Å². The maximum absolute atomic E-state index is 12.7. The van der Waals surface area contributed by atoms with Gasteiger partial charge in [-0.2, -0.15) is 0 Å². The Kier molecular flexibility index (Phi) is 6.05. The van der Waals surface area contributed by atoms with Crippen LogP contribution in [0, 0.1) is 11.3 Å². The number of amides is 1. The first-order chi connectivity index (χ1) is 10.1. The molecule has 1 aliphatic heterocycles. The molecule has 0 N–H and O–H groups in total. The number of carbonyl (C=O) groups is 1. The lowest BCUT2D eigenvalue weighted by atomic mass is 9.76. The third-order valence-corrected chi connectivity index (χ3v) is 5.53. The summed E-state index contributed by atoms with van der Waals surface area (Å²) in [5.74, 6) is 0.543. The number of nitrogens with zero attached hydrogens (tertiary/aromatic N) is 1. The summed E-state index contributed by atoms with van der Waals surface area (Å²) in [5, 5.41) is 1.60. The SMILES string of the molecule is CCCC[C@]1(C)C(=O)N(OCc2ccccc2)C[C@@H]1CI. The highest BCUT2D eigenvalue weighted by atomic mass is 127. The van der Waals surface area contributed by atoms with E-state index in [0.717, 1.165) is 35.8 Å². The molecular weight excluding hydrogens is 377 g/mol. The highest BCUT2D eigenvalue weighted by molar-refractivity contribution is 14.1. The Balaban J connectivity index is 2.00. The minimum atomic E-state index is -0.256. The van der Waals surface area contributed by atoms with Crippen molar-refractivity contribution in [3.63, 3.8) is 0 Å². The number of rotatable bonds is 7. The number of hydrogen-bond donors (Lipinski definition) is 0. The van der Waals surface area contributed by atoms with Gasteiger partial charge in [-0.15, -0.1) is 0 Å². The molecule has 0 aromatic heterocycles. The second-order valence-electron chi connectivity index (χ2n) is 6.00. The molecule has 2 rings (SSSR count). The molecule has 21 heavy (non-hydrogen) atoms. The first kappa shape index (κ1) is 16.7. The lowest BCUT2D eigenvalue weighted by molar-refractivity contribution is -0.187. The third-order valence-electron chi connectivity index (χ3n) is 4.47. The van der Waals surface area contributed by atoms with Crippen LogP contribution in [0.5, 0.6) is 0 Å². The fourth-order valence-corrected chi connectivity index (χ4v) is 4.11. The Morgan fingerprint density at radius 3 is 2.71 bits per heavy atom. The largest absolute Gasteiger partial charge is 0.272 e. The van der Waals surface area contributed by atoms with Crippen LogP contribution in [0.3, 0.4) is 0 Å². The van der Waals surface area contributed by atoms with Crippen molar-refractivity contribution in [3.05, 3.63) is 35.9 Å². The van der Waals surface area contributed by atoms with Crippen molar-refractivity contribution in [3.8, 4) is 0 Å². The van der Waals surface area contributed by atoms with Gasteiger partial charge >= 0.3 is 0 Å². The predicted molar refractivity (Wildman–Crippen MR) is 93.0 cm³/mol. The maximum Gasteiger partial charge on any atom is 0.252 e. The normalized spacial score (nSPS) is 25.6. The van der Waals surface area contributed by atoms with Crippen molar-refractivity contribution < 1.29 is 9.63 Å². The van der Waals surface area contributed by atoms with E-state index in [9.17, 15) is 4.79 Å². The van der Waals surface area contributed by atoms with Crippen molar-refractivity contribution in [2.45, 2.75) is 39.7 Å². The smallest absolute Gasteiger partial charge is 0.252 e. The fraction of sp³-hybridized carbons (Fsp3) is 0.588. The molecule has 0 spiro atoms. The second-order valence-corrected chi connectivity index (χ2v) is 6.88. The molecule has 2 atom stereocenters. The number of alkyl halides is 1. The zero-order valence-corrected chi connectivity index (χ0v) is 15.0. The van der Waals surface area contributed by atoms with Crippen molar-refractivity contribution in [2.75, 3.05) is 11.0 Å². The van der Waals surface area contributed by atoms with Crippen LogP contribution >= 0.6 is 22.6 Å². The van der Waals surface area contributed by atoms with Crippen molar-refractivity contribution in [1.82, 2.24) is 5.06 Å². The summed E-state index contributed by atoms with van der Waals surface area (Å²) in [6, 6.07) is 10.0. The third kappa shape index (κ3) is 3.77. The van der Waals surface area contributed by atoms with Gasteiger partial charge in [-0.1, -0.05) is 79.6 Å². The van der Waals surface area contributed by atoms with Gasteiger partial charge in [-0.3, -0.25) is 9.63 Å². The number of unbranched alkanes of at least 4 members (excludes halogenated alkanes) is 1. The van der Waals surface area contributed by atoms with Gasteiger partial charge in [0.15, 0.2) is 0 Å². The summed E-state index contributed by atoms with van der Waals surface area (Å²) >= 11 is 2.39. The van der Waals surface area contributed by atoms with Gasteiger partial charge in [0.25, 0.3) is 5.91 Å². The standard InChI is InChI=1S/C17H24INO2/c1-3-4-10-17(2)15(11-18)12-19(16(17)20)21-13-14-8-6-5-7-9-14/h5-9,15H,3-4,10-13H2,1-2H3/t15-,17-/m0/s1. The number of carbonyl (C=O) groups excluding carboxylic acids is 1. The molecule has 116 valence electrons. The monoisotopic (exact) mass is 401 g/mol. The van der Waals surface area contributed by atoms with E-state index in [4.69, 9.17) is 4.84 Å². The number of hydroxylamine groups is 2. The molecule has 0 bridgehead atoms. The molecule has 1 heterocycles. The van der Waals surface area contributed by atoms with Crippen molar-refractivity contribution in [2.24, 2.45) is 11.3 Å². The summed E-state index contributed by atoms with van der Waals surface area (Å²) in [4.78, 5) is 18.5. The van der Waals surface area contributed by atoms with Gasteiger partial charge in [0.2, 0.25) is 0 Å². The lowest BCUT2D eigenvalue weighted by Crippen LogP contribution is -2.34. The first-order valence-corrected chi connectivity index (χ1v) is 9.19. The van der Waals surface area contributed by atoms with E-state index >= 15 is 0 Å². The van der Waals surface area contributed by atoms with Crippen LogP contribution in [-0.2, 0) is 16.2 Å². The molecule has 1 saturated heterocycles.